The average Bonchev–Trinajstić information content (AvgIpc) is 3.21. The van der Waals surface area contributed by atoms with Crippen LogP contribution < -0.4 is 5.32 Å². The van der Waals surface area contributed by atoms with E-state index in [-0.39, 0.29) is 11.7 Å². The third-order valence-corrected chi connectivity index (χ3v) is 6.10. The first kappa shape index (κ1) is 17.3. The summed E-state index contributed by atoms with van der Waals surface area (Å²) in [5.41, 5.74) is 2.35. The number of ketones is 1. The zero-order valence-electron chi connectivity index (χ0n) is 14.8. The SMILES string of the molecule is Cc1nnc(SCC(=O)c2ccc3c(c2)CC(=O)N3)n1C1CCCCC1. The lowest BCUT2D eigenvalue weighted by molar-refractivity contribution is -0.115. The molecule has 1 N–H and O–H groups in total. The fraction of sp³-hybridized carbons (Fsp3) is 0.474. The smallest absolute Gasteiger partial charge is 0.228 e. The van der Waals surface area contributed by atoms with Crippen molar-refractivity contribution in [1.82, 2.24) is 14.8 Å². The Labute approximate surface area is 156 Å². The van der Waals surface area contributed by atoms with Crippen LogP contribution in [0, 0.1) is 6.92 Å². The number of thioether (sulfide) groups is 1. The molecule has 6 nitrogen and oxygen atoms in total. The molecular formula is C19H22N4O2S. The van der Waals surface area contributed by atoms with E-state index in [0.29, 0.717) is 23.8 Å². The minimum atomic E-state index is -0.0185. The second-order valence-electron chi connectivity index (χ2n) is 7.00. The van der Waals surface area contributed by atoms with Crippen molar-refractivity contribution < 1.29 is 9.59 Å². The van der Waals surface area contributed by atoms with Crippen LogP contribution in [-0.4, -0.2) is 32.2 Å². The summed E-state index contributed by atoms with van der Waals surface area (Å²) in [5, 5.41) is 12.2. The monoisotopic (exact) mass is 370 g/mol. The number of carbonyl (C=O) groups excluding carboxylic acids is 2. The summed E-state index contributed by atoms with van der Waals surface area (Å²) < 4.78 is 2.21. The molecule has 1 saturated carbocycles. The number of amides is 1. The summed E-state index contributed by atoms with van der Waals surface area (Å²) in [6.07, 6.45) is 6.45. The van der Waals surface area contributed by atoms with Gasteiger partial charge in [-0.25, -0.2) is 0 Å². The van der Waals surface area contributed by atoms with Crippen molar-refractivity contribution in [3.63, 3.8) is 0 Å². The quantitative estimate of drug-likeness (QED) is 0.643. The van der Waals surface area contributed by atoms with Gasteiger partial charge in [0.15, 0.2) is 10.9 Å². The minimum absolute atomic E-state index is 0.0185. The highest BCUT2D eigenvalue weighted by molar-refractivity contribution is 7.99. The van der Waals surface area contributed by atoms with E-state index in [2.05, 4.69) is 20.1 Å². The molecule has 1 aromatic carbocycles. The van der Waals surface area contributed by atoms with E-state index in [9.17, 15) is 9.59 Å². The van der Waals surface area contributed by atoms with E-state index in [1.54, 1.807) is 6.07 Å². The number of rotatable bonds is 5. The molecule has 0 unspecified atom stereocenters. The molecule has 1 aliphatic heterocycles. The number of Topliss-reactive ketones (excluding diaryl/α,β-unsaturated/α-hetero) is 1. The topological polar surface area (TPSA) is 76.9 Å². The summed E-state index contributed by atoms with van der Waals surface area (Å²) in [6, 6.07) is 5.87. The van der Waals surface area contributed by atoms with Crippen LogP contribution >= 0.6 is 11.8 Å². The predicted molar refractivity (Wildman–Crippen MR) is 101 cm³/mol. The number of fused-ring (bicyclic) bond motifs is 1. The highest BCUT2D eigenvalue weighted by Crippen LogP contribution is 2.32. The van der Waals surface area contributed by atoms with E-state index in [1.165, 1.54) is 31.0 Å². The Hall–Kier alpha value is -2.15. The summed E-state index contributed by atoms with van der Waals surface area (Å²) >= 11 is 1.46. The first-order valence-corrected chi connectivity index (χ1v) is 10.1. The Morgan fingerprint density at radius 1 is 1.27 bits per heavy atom. The van der Waals surface area contributed by atoms with Crippen LogP contribution in [0.4, 0.5) is 5.69 Å². The Bertz CT molecular complexity index is 855. The van der Waals surface area contributed by atoms with E-state index >= 15 is 0 Å². The normalized spacial score (nSPS) is 17.2. The van der Waals surface area contributed by atoms with Crippen molar-refractivity contribution in [2.45, 2.75) is 56.6 Å². The van der Waals surface area contributed by atoms with Gasteiger partial charge in [-0.05, 0) is 43.5 Å². The third kappa shape index (κ3) is 3.40. The number of carbonyl (C=O) groups is 2. The van der Waals surface area contributed by atoms with Gasteiger partial charge in [0.05, 0.1) is 12.2 Å². The van der Waals surface area contributed by atoms with Crippen LogP contribution in [0.15, 0.2) is 23.4 Å². The van der Waals surface area contributed by atoms with Crippen molar-refractivity contribution in [3.05, 3.63) is 35.2 Å². The Balaban J connectivity index is 1.45. The van der Waals surface area contributed by atoms with Crippen LogP contribution in [0.25, 0.3) is 0 Å². The summed E-state index contributed by atoms with van der Waals surface area (Å²) in [5.74, 6) is 1.28. The van der Waals surface area contributed by atoms with Crippen LogP contribution in [0.1, 0.15) is 59.9 Å². The summed E-state index contributed by atoms with van der Waals surface area (Å²) in [4.78, 5) is 24.1. The lowest BCUT2D eigenvalue weighted by Crippen LogP contribution is -2.15. The van der Waals surface area contributed by atoms with Gasteiger partial charge in [0.2, 0.25) is 5.91 Å². The molecule has 1 aromatic heterocycles. The molecule has 0 bridgehead atoms. The number of aryl methyl sites for hydroxylation is 1. The fourth-order valence-electron chi connectivity index (χ4n) is 3.82. The Morgan fingerprint density at radius 2 is 2.08 bits per heavy atom. The molecule has 4 rings (SSSR count). The maximum atomic E-state index is 12.6. The van der Waals surface area contributed by atoms with Crippen molar-refractivity contribution in [2.24, 2.45) is 0 Å². The number of aromatic nitrogens is 3. The van der Waals surface area contributed by atoms with Crippen LogP contribution in [0.5, 0.6) is 0 Å². The van der Waals surface area contributed by atoms with Gasteiger partial charge in [-0.2, -0.15) is 0 Å². The van der Waals surface area contributed by atoms with Gasteiger partial charge < -0.3 is 9.88 Å². The minimum Gasteiger partial charge on any atom is -0.326 e. The van der Waals surface area contributed by atoms with Crippen molar-refractivity contribution >= 4 is 29.1 Å². The Kier molecular flexibility index (Phi) is 4.80. The van der Waals surface area contributed by atoms with Crippen LogP contribution in [-0.2, 0) is 11.2 Å². The van der Waals surface area contributed by atoms with Gasteiger partial charge in [0.1, 0.15) is 5.82 Å². The number of nitrogens with zero attached hydrogens (tertiary/aromatic N) is 3. The molecule has 2 heterocycles. The maximum absolute atomic E-state index is 12.6. The first-order valence-electron chi connectivity index (χ1n) is 9.12. The summed E-state index contributed by atoms with van der Waals surface area (Å²) in [6.45, 7) is 1.98. The molecule has 7 heteroatoms. The molecule has 0 radical (unpaired) electrons. The highest BCUT2D eigenvalue weighted by atomic mass is 32.2. The Morgan fingerprint density at radius 3 is 2.88 bits per heavy atom. The molecule has 26 heavy (non-hydrogen) atoms. The van der Waals surface area contributed by atoms with E-state index in [1.807, 2.05) is 19.1 Å². The predicted octanol–water partition coefficient (Wildman–Crippen LogP) is 3.56. The van der Waals surface area contributed by atoms with Crippen LogP contribution in [0.3, 0.4) is 0 Å². The van der Waals surface area contributed by atoms with Gasteiger partial charge in [0, 0.05) is 17.3 Å². The standard InChI is InChI=1S/C19H22N4O2S/c1-12-21-22-19(23(12)15-5-3-2-4-6-15)26-11-17(24)13-7-8-16-14(9-13)10-18(25)20-16/h7-9,15H,2-6,10-11H2,1H3,(H,20,25). The average molecular weight is 370 g/mol. The molecule has 1 fully saturated rings. The van der Waals surface area contributed by atoms with Gasteiger partial charge in [-0.3, -0.25) is 9.59 Å². The number of hydrogen-bond acceptors (Lipinski definition) is 5. The van der Waals surface area contributed by atoms with E-state index < -0.39 is 0 Å². The molecular weight excluding hydrogens is 348 g/mol. The van der Waals surface area contributed by atoms with E-state index in [4.69, 9.17) is 0 Å². The zero-order chi connectivity index (χ0) is 18.1. The molecule has 0 spiro atoms. The van der Waals surface area contributed by atoms with Crippen molar-refractivity contribution in [1.29, 1.82) is 0 Å². The van der Waals surface area contributed by atoms with Crippen molar-refractivity contribution in [2.75, 3.05) is 11.1 Å². The largest absolute Gasteiger partial charge is 0.326 e. The van der Waals surface area contributed by atoms with Gasteiger partial charge in [-0.15, -0.1) is 10.2 Å². The fourth-order valence-corrected chi connectivity index (χ4v) is 4.77. The number of anilines is 1. The second kappa shape index (κ2) is 7.23. The first-order chi connectivity index (χ1) is 12.6. The third-order valence-electron chi connectivity index (χ3n) is 5.16. The zero-order valence-corrected chi connectivity index (χ0v) is 15.6. The van der Waals surface area contributed by atoms with Gasteiger partial charge in [-0.1, -0.05) is 31.0 Å². The molecule has 0 atom stereocenters. The molecule has 0 saturated heterocycles. The number of hydrogen-bond donors (Lipinski definition) is 1. The van der Waals surface area contributed by atoms with Crippen molar-refractivity contribution in [3.8, 4) is 0 Å². The highest BCUT2D eigenvalue weighted by Gasteiger charge is 2.23. The second-order valence-corrected chi connectivity index (χ2v) is 7.94. The molecule has 2 aliphatic rings. The lowest BCUT2D eigenvalue weighted by atomic mass is 9.95. The van der Waals surface area contributed by atoms with Crippen LogP contribution in [0.2, 0.25) is 0 Å². The van der Waals surface area contributed by atoms with E-state index in [0.717, 1.165) is 35.1 Å². The maximum Gasteiger partial charge on any atom is 0.228 e. The lowest BCUT2D eigenvalue weighted by Gasteiger charge is -2.24. The molecule has 2 aromatic rings. The summed E-state index contributed by atoms with van der Waals surface area (Å²) in [7, 11) is 0. The number of benzene rings is 1. The molecule has 136 valence electrons. The molecule has 1 aliphatic carbocycles. The number of nitrogens with one attached hydrogen (secondary N) is 1. The molecule has 1 amide bonds. The van der Waals surface area contributed by atoms with Gasteiger partial charge >= 0.3 is 0 Å². The van der Waals surface area contributed by atoms with Gasteiger partial charge in [0.25, 0.3) is 0 Å².